The van der Waals surface area contributed by atoms with Crippen LogP contribution in [-0.4, -0.2) is 17.5 Å². The summed E-state index contributed by atoms with van der Waals surface area (Å²) < 4.78 is 0. The Bertz CT molecular complexity index is 399. The molecule has 1 aromatic carbocycles. The molecule has 0 radical (unpaired) electrons. The van der Waals surface area contributed by atoms with Gasteiger partial charge in [-0.2, -0.15) is 17.0 Å². The predicted molar refractivity (Wildman–Crippen MR) is 77.6 cm³/mol. The highest BCUT2D eigenvalue weighted by Crippen LogP contribution is 2.26. The van der Waals surface area contributed by atoms with Gasteiger partial charge in [0.15, 0.2) is 0 Å². The molecular formula is C15H20N2S. The molecule has 2 rings (SSSR count). The van der Waals surface area contributed by atoms with E-state index in [9.17, 15) is 0 Å². The number of nitrogens with zero attached hydrogens (tertiary/aromatic N) is 1. The van der Waals surface area contributed by atoms with Gasteiger partial charge in [-0.05, 0) is 49.6 Å². The fourth-order valence-electron chi connectivity index (χ4n) is 2.46. The molecule has 96 valence electrons. The lowest BCUT2D eigenvalue weighted by atomic mass is 9.95. The van der Waals surface area contributed by atoms with Crippen LogP contribution >= 0.6 is 11.8 Å². The second kappa shape index (κ2) is 6.82. The SMILES string of the molecule is CSC1CCC(NCc2ccc(C#N)cc2)CC1. The average molecular weight is 260 g/mol. The minimum Gasteiger partial charge on any atom is -0.310 e. The van der Waals surface area contributed by atoms with Crippen LogP contribution in [0, 0.1) is 11.3 Å². The fraction of sp³-hybridized carbons (Fsp3) is 0.533. The molecule has 2 nitrogen and oxygen atoms in total. The number of thioether (sulfide) groups is 1. The normalized spacial score (nSPS) is 23.6. The molecule has 1 fully saturated rings. The van der Waals surface area contributed by atoms with E-state index >= 15 is 0 Å². The minimum atomic E-state index is 0.670. The highest BCUT2D eigenvalue weighted by Gasteiger charge is 2.19. The third-order valence-electron chi connectivity index (χ3n) is 3.69. The van der Waals surface area contributed by atoms with Crippen molar-refractivity contribution in [3.8, 4) is 6.07 Å². The molecule has 0 bridgehead atoms. The molecule has 0 aliphatic heterocycles. The third-order valence-corrected chi connectivity index (χ3v) is 4.82. The molecule has 1 saturated carbocycles. The van der Waals surface area contributed by atoms with Crippen LogP contribution in [0.3, 0.4) is 0 Å². The molecule has 0 saturated heterocycles. The van der Waals surface area contributed by atoms with E-state index in [0.717, 1.165) is 17.4 Å². The second-order valence-corrected chi connectivity index (χ2v) is 6.04. The lowest BCUT2D eigenvalue weighted by Crippen LogP contribution is -2.33. The van der Waals surface area contributed by atoms with E-state index in [1.807, 2.05) is 36.0 Å². The molecular weight excluding hydrogens is 240 g/mol. The van der Waals surface area contributed by atoms with Crippen molar-refractivity contribution in [3.05, 3.63) is 35.4 Å². The van der Waals surface area contributed by atoms with E-state index in [-0.39, 0.29) is 0 Å². The molecule has 0 spiro atoms. The number of hydrogen-bond donors (Lipinski definition) is 1. The number of hydrogen-bond acceptors (Lipinski definition) is 3. The average Bonchev–Trinajstić information content (AvgIpc) is 2.46. The van der Waals surface area contributed by atoms with Gasteiger partial charge in [-0.15, -0.1) is 0 Å². The molecule has 0 atom stereocenters. The first kappa shape index (κ1) is 13.5. The Morgan fingerprint density at radius 2 is 1.89 bits per heavy atom. The topological polar surface area (TPSA) is 35.8 Å². The largest absolute Gasteiger partial charge is 0.310 e. The summed E-state index contributed by atoms with van der Waals surface area (Å²) >= 11 is 2.01. The van der Waals surface area contributed by atoms with Crippen molar-refractivity contribution in [2.24, 2.45) is 0 Å². The zero-order valence-electron chi connectivity index (χ0n) is 10.9. The summed E-state index contributed by atoms with van der Waals surface area (Å²) in [7, 11) is 0. The molecule has 0 heterocycles. The summed E-state index contributed by atoms with van der Waals surface area (Å²) in [6.45, 7) is 0.917. The first-order chi connectivity index (χ1) is 8.81. The van der Waals surface area contributed by atoms with Gasteiger partial charge >= 0.3 is 0 Å². The zero-order valence-corrected chi connectivity index (χ0v) is 11.7. The predicted octanol–water partition coefficient (Wildman–Crippen LogP) is 3.32. The van der Waals surface area contributed by atoms with E-state index in [1.54, 1.807) is 0 Å². The Balaban J connectivity index is 1.76. The van der Waals surface area contributed by atoms with Crippen molar-refractivity contribution < 1.29 is 0 Å². The van der Waals surface area contributed by atoms with Crippen LogP contribution in [0.15, 0.2) is 24.3 Å². The molecule has 1 aliphatic carbocycles. The van der Waals surface area contributed by atoms with Crippen molar-refractivity contribution in [2.75, 3.05) is 6.26 Å². The van der Waals surface area contributed by atoms with Gasteiger partial charge < -0.3 is 5.32 Å². The van der Waals surface area contributed by atoms with Crippen LogP contribution in [0.5, 0.6) is 0 Å². The highest BCUT2D eigenvalue weighted by molar-refractivity contribution is 7.99. The number of nitrogens with one attached hydrogen (secondary N) is 1. The molecule has 18 heavy (non-hydrogen) atoms. The third kappa shape index (κ3) is 3.76. The van der Waals surface area contributed by atoms with Gasteiger partial charge in [-0.1, -0.05) is 12.1 Å². The van der Waals surface area contributed by atoms with Crippen molar-refractivity contribution >= 4 is 11.8 Å². The maximum Gasteiger partial charge on any atom is 0.0991 e. The Hall–Kier alpha value is -0.980. The molecule has 3 heteroatoms. The van der Waals surface area contributed by atoms with Crippen LogP contribution in [-0.2, 0) is 6.54 Å². The van der Waals surface area contributed by atoms with E-state index in [4.69, 9.17) is 5.26 Å². The van der Waals surface area contributed by atoms with E-state index < -0.39 is 0 Å². The van der Waals surface area contributed by atoms with E-state index in [2.05, 4.69) is 17.6 Å². The van der Waals surface area contributed by atoms with E-state index in [0.29, 0.717) is 6.04 Å². The molecule has 0 unspecified atom stereocenters. The quantitative estimate of drug-likeness (QED) is 0.902. The molecule has 1 aliphatic rings. The van der Waals surface area contributed by atoms with Crippen LogP contribution in [0.25, 0.3) is 0 Å². The second-order valence-electron chi connectivity index (χ2n) is 4.90. The van der Waals surface area contributed by atoms with Crippen LogP contribution in [0.4, 0.5) is 0 Å². The molecule has 0 amide bonds. The van der Waals surface area contributed by atoms with Crippen molar-refractivity contribution in [1.82, 2.24) is 5.32 Å². The Morgan fingerprint density at radius 1 is 1.22 bits per heavy atom. The van der Waals surface area contributed by atoms with Gasteiger partial charge in [0.25, 0.3) is 0 Å². The monoisotopic (exact) mass is 260 g/mol. The van der Waals surface area contributed by atoms with Crippen molar-refractivity contribution in [1.29, 1.82) is 5.26 Å². The van der Waals surface area contributed by atoms with Crippen molar-refractivity contribution in [3.63, 3.8) is 0 Å². The maximum atomic E-state index is 8.74. The lowest BCUT2D eigenvalue weighted by molar-refractivity contribution is 0.379. The van der Waals surface area contributed by atoms with Crippen LogP contribution < -0.4 is 5.32 Å². The van der Waals surface area contributed by atoms with Crippen LogP contribution in [0.2, 0.25) is 0 Å². The lowest BCUT2D eigenvalue weighted by Gasteiger charge is -2.28. The first-order valence-electron chi connectivity index (χ1n) is 6.57. The number of benzene rings is 1. The van der Waals surface area contributed by atoms with Crippen LogP contribution in [0.1, 0.15) is 36.8 Å². The maximum absolute atomic E-state index is 8.74. The van der Waals surface area contributed by atoms with Gasteiger partial charge in [0, 0.05) is 17.8 Å². The summed E-state index contributed by atoms with van der Waals surface area (Å²) in [6, 6.07) is 10.7. The Labute approximate surface area is 114 Å². The Kier molecular flexibility index (Phi) is 5.10. The molecule has 1 aromatic rings. The fourth-order valence-corrected chi connectivity index (χ4v) is 3.21. The molecule has 1 N–H and O–H groups in total. The number of nitriles is 1. The highest BCUT2D eigenvalue weighted by atomic mass is 32.2. The van der Waals surface area contributed by atoms with E-state index in [1.165, 1.54) is 31.2 Å². The first-order valence-corrected chi connectivity index (χ1v) is 7.86. The summed E-state index contributed by atoms with van der Waals surface area (Å²) in [6.07, 6.45) is 7.48. The summed E-state index contributed by atoms with van der Waals surface area (Å²) in [4.78, 5) is 0. The van der Waals surface area contributed by atoms with Gasteiger partial charge in [0.05, 0.1) is 11.6 Å². The van der Waals surface area contributed by atoms with Gasteiger partial charge in [0.2, 0.25) is 0 Å². The Morgan fingerprint density at radius 3 is 2.44 bits per heavy atom. The standard InChI is InChI=1S/C15H20N2S/c1-18-15-8-6-14(7-9-15)17-11-13-4-2-12(10-16)3-5-13/h2-5,14-15,17H,6-9,11H2,1H3. The minimum absolute atomic E-state index is 0.670. The summed E-state index contributed by atoms with van der Waals surface area (Å²) in [5, 5.41) is 13.2. The van der Waals surface area contributed by atoms with Gasteiger partial charge in [-0.3, -0.25) is 0 Å². The molecule has 0 aromatic heterocycles. The van der Waals surface area contributed by atoms with Gasteiger partial charge in [-0.25, -0.2) is 0 Å². The smallest absolute Gasteiger partial charge is 0.0991 e. The zero-order chi connectivity index (χ0) is 12.8. The summed E-state index contributed by atoms with van der Waals surface area (Å²) in [5.74, 6) is 0. The number of rotatable bonds is 4. The summed E-state index contributed by atoms with van der Waals surface area (Å²) in [5.41, 5.74) is 2.00. The van der Waals surface area contributed by atoms with Crippen molar-refractivity contribution in [2.45, 2.75) is 43.5 Å². The van der Waals surface area contributed by atoms with Gasteiger partial charge in [0.1, 0.15) is 0 Å².